The van der Waals surface area contributed by atoms with Crippen molar-refractivity contribution in [2.24, 2.45) is 27.9 Å². The number of thiol groups is 1. The van der Waals surface area contributed by atoms with Crippen LogP contribution in [0.5, 0.6) is 0 Å². The Morgan fingerprint density at radius 1 is 0.938 bits per heavy atom. The molecule has 12 N–H and O–H groups in total. The number of unbranched alkanes of at least 4 members (excludes halogenated alkanes) is 1. The second kappa shape index (κ2) is 16.1. The third-order valence-corrected chi connectivity index (χ3v) is 4.80. The Balaban J connectivity index is 4.94. The second-order valence-electron chi connectivity index (χ2n) is 7.21. The van der Waals surface area contributed by atoms with Crippen LogP contribution in [0.3, 0.4) is 0 Å². The van der Waals surface area contributed by atoms with Crippen LogP contribution >= 0.6 is 12.6 Å². The Labute approximate surface area is 192 Å². The van der Waals surface area contributed by atoms with Gasteiger partial charge in [-0.3, -0.25) is 19.4 Å². The molecule has 0 aromatic heterocycles. The van der Waals surface area contributed by atoms with Gasteiger partial charge < -0.3 is 44.0 Å². The van der Waals surface area contributed by atoms with Crippen molar-refractivity contribution in [1.82, 2.24) is 16.0 Å². The lowest BCUT2D eigenvalue weighted by Crippen LogP contribution is -2.56. The first-order valence-electron chi connectivity index (χ1n) is 10.3. The Morgan fingerprint density at radius 2 is 1.56 bits per heavy atom. The summed E-state index contributed by atoms with van der Waals surface area (Å²) < 4.78 is 0. The molecule has 0 aliphatic heterocycles. The van der Waals surface area contributed by atoms with Crippen LogP contribution in [0.25, 0.3) is 0 Å². The Bertz CT molecular complexity index is 659. The number of hydrogen-bond acceptors (Lipinski definition) is 8. The van der Waals surface area contributed by atoms with Crippen LogP contribution in [0.15, 0.2) is 4.99 Å². The van der Waals surface area contributed by atoms with E-state index in [1.54, 1.807) is 0 Å². The predicted octanol–water partition coefficient (Wildman–Crippen LogP) is -3.01. The summed E-state index contributed by atoms with van der Waals surface area (Å²) in [4.78, 5) is 52.1. The predicted molar refractivity (Wildman–Crippen MR) is 124 cm³/mol. The van der Waals surface area contributed by atoms with Gasteiger partial charge >= 0.3 is 5.97 Å². The normalized spacial score (nSPS) is 14.4. The van der Waals surface area contributed by atoms with Crippen molar-refractivity contribution in [2.75, 3.05) is 18.8 Å². The van der Waals surface area contributed by atoms with Crippen molar-refractivity contribution in [3.63, 3.8) is 0 Å². The Kier molecular flexibility index (Phi) is 14.8. The van der Waals surface area contributed by atoms with E-state index in [1.807, 2.05) is 0 Å². The number of nitrogens with zero attached hydrogens (tertiary/aromatic N) is 1. The number of carbonyl (C=O) groups excluding carboxylic acids is 3. The Morgan fingerprint density at radius 3 is 2.09 bits per heavy atom. The molecule has 14 heteroatoms. The number of carbonyl (C=O) groups is 4. The smallest absolute Gasteiger partial charge is 0.327 e. The highest BCUT2D eigenvalue weighted by Gasteiger charge is 2.27. The van der Waals surface area contributed by atoms with Crippen LogP contribution in [0.2, 0.25) is 0 Å². The molecule has 0 saturated carbocycles. The van der Waals surface area contributed by atoms with Crippen LogP contribution in [0.1, 0.15) is 39.0 Å². The molecule has 3 amide bonds. The van der Waals surface area contributed by atoms with Crippen molar-refractivity contribution in [3.8, 4) is 0 Å². The molecule has 0 bridgehead atoms. The highest BCUT2D eigenvalue weighted by Crippen LogP contribution is 2.04. The number of aliphatic imine (C=N–C) groups is 1. The van der Waals surface area contributed by atoms with Crippen molar-refractivity contribution >= 4 is 42.3 Å². The fourth-order valence-electron chi connectivity index (χ4n) is 2.55. The number of guanidine groups is 1. The summed E-state index contributed by atoms with van der Waals surface area (Å²) in [6.07, 6.45) is 2.28. The third kappa shape index (κ3) is 12.3. The van der Waals surface area contributed by atoms with Crippen molar-refractivity contribution in [3.05, 3.63) is 0 Å². The van der Waals surface area contributed by atoms with Crippen molar-refractivity contribution in [2.45, 2.75) is 63.2 Å². The maximum Gasteiger partial charge on any atom is 0.327 e. The highest BCUT2D eigenvalue weighted by atomic mass is 32.1. The van der Waals surface area contributed by atoms with Gasteiger partial charge in [0.2, 0.25) is 17.7 Å². The quantitative estimate of drug-likeness (QED) is 0.0476. The van der Waals surface area contributed by atoms with E-state index in [4.69, 9.17) is 28.0 Å². The first kappa shape index (κ1) is 29.4. The van der Waals surface area contributed by atoms with Crippen LogP contribution < -0.4 is 38.9 Å². The summed E-state index contributed by atoms with van der Waals surface area (Å²) in [5, 5.41) is 16.4. The van der Waals surface area contributed by atoms with E-state index < -0.39 is 47.9 Å². The molecule has 0 heterocycles. The van der Waals surface area contributed by atoms with E-state index in [0.717, 1.165) is 0 Å². The van der Waals surface area contributed by atoms with Crippen LogP contribution in [-0.2, 0) is 19.2 Å². The molecule has 4 atom stereocenters. The fraction of sp³-hybridized carbons (Fsp3) is 0.722. The van der Waals surface area contributed by atoms with Crippen molar-refractivity contribution < 1.29 is 24.3 Å². The molecule has 0 aromatic rings. The lowest BCUT2D eigenvalue weighted by Gasteiger charge is -2.23. The number of nitrogens with one attached hydrogen (secondary N) is 3. The topological polar surface area (TPSA) is 241 Å². The number of nitrogens with two attached hydrogens (primary N) is 4. The third-order valence-electron chi connectivity index (χ3n) is 4.43. The van der Waals surface area contributed by atoms with Gasteiger partial charge in [0, 0.05) is 12.3 Å². The first-order chi connectivity index (χ1) is 15.0. The van der Waals surface area contributed by atoms with E-state index >= 15 is 0 Å². The number of carboxylic acid groups (broad SMARTS) is 1. The summed E-state index contributed by atoms with van der Waals surface area (Å²) >= 11 is 3.87. The summed E-state index contributed by atoms with van der Waals surface area (Å²) in [6.45, 7) is 2.14. The van der Waals surface area contributed by atoms with Gasteiger partial charge in [0.1, 0.15) is 18.1 Å². The molecule has 0 aliphatic carbocycles. The zero-order valence-corrected chi connectivity index (χ0v) is 19.1. The average molecular weight is 477 g/mol. The maximum atomic E-state index is 12.7. The minimum atomic E-state index is -1.24. The zero-order chi connectivity index (χ0) is 24.7. The monoisotopic (exact) mass is 476 g/mol. The largest absolute Gasteiger partial charge is 0.480 e. The molecule has 0 spiro atoms. The maximum absolute atomic E-state index is 12.7. The van der Waals surface area contributed by atoms with Gasteiger partial charge in [0.15, 0.2) is 5.96 Å². The number of carboxylic acids is 1. The molecule has 0 aromatic carbocycles. The number of hydrogen-bond donors (Lipinski definition) is 9. The first-order valence-corrected chi connectivity index (χ1v) is 10.9. The second-order valence-corrected chi connectivity index (χ2v) is 7.58. The molecule has 0 aliphatic rings. The molecule has 0 fully saturated rings. The van der Waals surface area contributed by atoms with Crippen LogP contribution in [0, 0.1) is 0 Å². The zero-order valence-electron chi connectivity index (χ0n) is 18.3. The number of aliphatic carboxylic acids is 1. The fourth-order valence-corrected chi connectivity index (χ4v) is 2.80. The standard InChI is InChI=1S/C18H36N8O5S/c1-10(14(27)26-13(9-32)17(30)31)24-16(29)12(6-2-3-7-19)25-15(28)11(20)5-4-8-23-18(21)22/h10-13,32H,2-9,19-20H2,1H3,(H,24,29)(H,25,28)(H,26,27)(H,30,31)(H4,21,22,23). The molecule has 32 heavy (non-hydrogen) atoms. The minimum Gasteiger partial charge on any atom is -0.480 e. The summed E-state index contributed by atoms with van der Waals surface area (Å²) in [6, 6.07) is -4.04. The van der Waals surface area contributed by atoms with Crippen LogP contribution in [0.4, 0.5) is 0 Å². The average Bonchev–Trinajstić information content (AvgIpc) is 2.73. The molecule has 0 rings (SSSR count). The van der Waals surface area contributed by atoms with Crippen LogP contribution in [-0.4, -0.2) is 77.8 Å². The molecule has 0 radical (unpaired) electrons. The van der Waals surface area contributed by atoms with E-state index in [9.17, 15) is 19.2 Å². The summed E-state index contributed by atoms with van der Waals surface area (Å²) in [7, 11) is 0. The lowest BCUT2D eigenvalue weighted by molar-refractivity contribution is -0.141. The van der Waals surface area contributed by atoms with Gasteiger partial charge in [-0.15, -0.1) is 0 Å². The van der Waals surface area contributed by atoms with Gasteiger partial charge in [-0.2, -0.15) is 12.6 Å². The molecule has 4 unspecified atom stereocenters. The number of amides is 3. The van der Waals surface area contributed by atoms with E-state index in [1.165, 1.54) is 6.92 Å². The van der Waals surface area contributed by atoms with E-state index in [2.05, 4.69) is 33.6 Å². The summed E-state index contributed by atoms with van der Waals surface area (Å²) in [5.41, 5.74) is 21.9. The molecule has 0 saturated heterocycles. The molecule has 13 nitrogen and oxygen atoms in total. The van der Waals surface area contributed by atoms with Crippen molar-refractivity contribution in [1.29, 1.82) is 0 Å². The van der Waals surface area contributed by atoms with Gasteiger partial charge in [-0.05, 0) is 45.6 Å². The molecular formula is C18H36N8O5S. The van der Waals surface area contributed by atoms with Gasteiger partial charge in [0.05, 0.1) is 6.04 Å². The van der Waals surface area contributed by atoms with Gasteiger partial charge in [0.25, 0.3) is 0 Å². The molecule has 184 valence electrons. The highest BCUT2D eigenvalue weighted by molar-refractivity contribution is 7.80. The van der Waals surface area contributed by atoms with E-state index in [-0.39, 0.29) is 18.1 Å². The Hall–Kier alpha value is -2.58. The van der Waals surface area contributed by atoms with Gasteiger partial charge in [-0.1, -0.05) is 0 Å². The van der Waals surface area contributed by atoms with E-state index in [0.29, 0.717) is 38.8 Å². The minimum absolute atomic E-state index is 0.0538. The summed E-state index contributed by atoms with van der Waals surface area (Å²) in [5.74, 6) is -3.22. The molecular weight excluding hydrogens is 440 g/mol. The lowest BCUT2D eigenvalue weighted by atomic mass is 10.1. The SMILES string of the molecule is CC(NC(=O)C(CCCCN)NC(=O)C(N)CCCN=C(N)N)C(=O)NC(CS)C(=O)O. The number of rotatable bonds is 16. The van der Waals surface area contributed by atoms with Gasteiger partial charge in [-0.25, -0.2) is 4.79 Å².